The zero-order valence-corrected chi connectivity index (χ0v) is 12.7. The topological polar surface area (TPSA) is 90.7 Å². The standard InChI is InChI=1S/C16H16N2O5/c1-22-14-7-6-11(8-15(14)23-2)9-16(19)17-12-4-3-5-13(10-12)18(20)21/h3-8,10H,9H2,1-2H3,(H,17,19). The van der Waals surface area contributed by atoms with Crippen LogP contribution in [0, 0.1) is 10.1 Å². The maximum atomic E-state index is 12.1. The number of carbonyl (C=O) groups is 1. The molecule has 0 radical (unpaired) electrons. The van der Waals surface area contributed by atoms with Crippen molar-refractivity contribution in [3.05, 3.63) is 58.1 Å². The number of nitro benzene ring substituents is 1. The molecule has 0 aliphatic heterocycles. The first-order valence-electron chi connectivity index (χ1n) is 6.78. The van der Waals surface area contributed by atoms with Crippen molar-refractivity contribution in [3.8, 4) is 11.5 Å². The Labute approximate surface area is 133 Å². The van der Waals surface area contributed by atoms with Gasteiger partial charge >= 0.3 is 0 Å². The number of nitrogens with zero attached hydrogens (tertiary/aromatic N) is 1. The fourth-order valence-electron chi connectivity index (χ4n) is 2.08. The molecule has 0 heterocycles. The molecule has 2 aromatic carbocycles. The summed E-state index contributed by atoms with van der Waals surface area (Å²) in [7, 11) is 3.05. The van der Waals surface area contributed by atoms with E-state index >= 15 is 0 Å². The summed E-state index contributed by atoms with van der Waals surface area (Å²) in [5.74, 6) is 0.834. The fraction of sp³-hybridized carbons (Fsp3) is 0.188. The summed E-state index contributed by atoms with van der Waals surface area (Å²) in [6.45, 7) is 0. The quantitative estimate of drug-likeness (QED) is 0.653. The van der Waals surface area contributed by atoms with Crippen LogP contribution in [0.25, 0.3) is 0 Å². The first kappa shape index (κ1) is 16.3. The maximum Gasteiger partial charge on any atom is 0.271 e. The molecular weight excluding hydrogens is 300 g/mol. The maximum absolute atomic E-state index is 12.1. The van der Waals surface area contributed by atoms with Crippen molar-refractivity contribution in [1.82, 2.24) is 0 Å². The number of hydrogen-bond acceptors (Lipinski definition) is 5. The third-order valence-corrected chi connectivity index (χ3v) is 3.15. The third kappa shape index (κ3) is 4.19. The SMILES string of the molecule is COc1ccc(CC(=O)Nc2cccc([N+](=O)[O-])c2)cc1OC. The summed E-state index contributed by atoms with van der Waals surface area (Å²) >= 11 is 0. The molecule has 0 aliphatic rings. The van der Waals surface area contributed by atoms with Crippen LogP contribution in [0.3, 0.4) is 0 Å². The van der Waals surface area contributed by atoms with Gasteiger partial charge in [0.15, 0.2) is 11.5 Å². The van der Waals surface area contributed by atoms with Gasteiger partial charge in [0.2, 0.25) is 5.91 Å². The minimum atomic E-state index is -0.510. The highest BCUT2D eigenvalue weighted by molar-refractivity contribution is 5.92. The van der Waals surface area contributed by atoms with Crippen molar-refractivity contribution in [2.24, 2.45) is 0 Å². The molecule has 0 fully saturated rings. The molecule has 0 saturated heterocycles. The van der Waals surface area contributed by atoms with Crippen LogP contribution in [-0.4, -0.2) is 25.1 Å². The van der Waals surface area contributed by atoms with Crippen LogP contribution >= 0.6 is 0 Å². The van der Waals surface area contributed by atoms with Gasteiger partial charge in [-0.3, -0.25) is 14.9 Å². The number of non-ortho nitro benzene ring substituents is 1. The van der Waals surface area contributed by atoms with E-state index in [0.717, 1.165) is 5.56 Å². The van der Waals surface area contributed by atoms with Crippen LogP contribution in [0.4, 0.5) is 11.4 Å². The molecule has 0 bridgehead atoms. The van der Waals surface area contributed by atoms with E-state index in [1.807, 2.05) is 0 Å². The Morgan fingerprint density at radius 2 is 1.87 bits per heavy atom. The molecule has 0 saturated carbocycles. The summed E-state index contributed by atoms with van der Waals surface area (Å²) in [5.41, 5.74) is 1.05. The zero-order valence-electron chi connectivity index (χ0n) is 12.7. The van der Waals surface area contributed by atoms with Gasteiger partial charge in [-0.25, -0.2) is 0 Å². The van der Waals surface area contributed by atoms with Crippen molar-refractivity contribution in [2.45, 2.75) is 6.42 Å². The summed E-state index contributed by atoms with van der Waals surface area (Å²) in [4.78, 5) is 22.3. The highest BCUT2D eigenvalue weighted by Crippen LogP contribution is 2.27. The Balaban J connectivity index is 2.08. The summed E-state index contributed by atoms with van der Waals surface area (Å²) in [6.07, 6.45) is 0.114. The van der Waals surface area contributed by atoms with Crippen LogP contribution in [-0.2, 0) is 11.2 Å². The van der Waals surface area contributed by atoms with E-state index in [0.29, 0.717) is 17.2 Å². The van der Waals surface area contributed by atoms with Gasteiger partial charge in [0.05, 0.1) is 25.6 Å². The molecule has 0 aromatic heterocycles. The van der Waals surface area contributed by atoms with E-state index in [2.05, 4.69) is 5.32 Å². The number of hydrogen-bond donors (Lipinski definition) is 1. The Morgan fingerprint density at radius 1 is 1.13 bits per heavy atom. The number of anilines is 1. The molecule has 7 nitrogen and oxygen atoms in total. The van der Waals surface area contributed by atoms with Gasteiger partial charge in [-0.2, -0.15) is 0 Å². The Hall–Kier alpha value is -3.09. The smallest absolute Gasteiger partial charge is 0.271 e. The number of nitro groups is 1. The lowest BCUT2D eigenvalue weighted by molar-refractivity contribution is -0.384. The monoisotopic (exact) mass is 316 g/mol. The van der Waals surface area contributed by atoms with Crippen molar-refractivity contribution in [3.63, 3.8) is 0 Å². The molecule has 1 amide bonds. The van der Waals surface area contributed by atoms with Gasteiger partial charge in [-0.1, -0.05) is 12.1 Å². The molecule has 0 unspecified atom stereocenters. The van der Waals surface area contributed by atoms with Gasteiger partial charge in [0.1, 0.15) is 0 Å². The molecule has 7 heteroatoms. The van der Waals surface area contributed by atoms with Gasteiger partial charge in [-0.05, 0) is 23.8 Å². The Morgan fingerprint density at radius 3 is 2.52 bits per heavy atom. The van der Waals surface area contributed by atoms with Gasteiger partial charge in [0, 0.05) is 17.8 Å². The molecule has 2 rings (SSSR count). The predicted octanol–water partition coefficient (Wildman–Crippen LogP) is 2.79. The highest BCUT2D eigenvalue weighted by Gasteiger charge is 2.10. The van der Waals surface area contributed by atoms with E-state index in [9.17, 15) is 14.9 Å². The summed E-state index contributed by atoms with van der Waals surface area (Å²) in [6, 6.07) is 11.0. The van der Waals surface area contributed by atoms with Crippen molar-refractivity contribution in [2.75, 3.05) is 19.5 Å². The second kappa shape index (κ2) is 7.26. The van der Waals surface area contributed by atoms with Crippen molar-refractivity contribution < 1.29 is 19.2 Å². The van der Waals surface area contributed by atoms with Crippen LogP contribution < -0.4 is 14.8 Å². The molecule has 0 atom stereocenters. The number of nitrogens with one attached hydrogen (secondary N) is 1. The first-order chi connectivity index (χ1) is 11.0. The largest absolute Gasteiger partial charge is 0.493 e. The molecule has 120 valence electrons. The molecule has 1 N–H and O–H groups in total. The summed E-state index contributed by atoms with van der Waals surface area (Å²) in [5, 5.41) is 13.4. The van der Waals surface area contributed by atoms with E-state index < -0.39 is 4.92 Å². The fourth-order valence-corrected chi connectivity index (χ4v) is 2.08. The minimum Gasteiger partial charge on any atom is -0.493 e. The lowest BCUT2D eigenvalue weighted by atomic mass is 10.1. The predicted molar refractivity (Wildman–Crippen MR) is 85.0 cm³/mol. The van der Waals surface area contributed by atoms with Crippen LogP contribution in [0.5, 0.6) is 11.5 Å². The third-order valence-electron chi connectivity index (χ3n) is 3.15. The lowest BCUT2D eigenvalue weighted by Gasteiger charge is -2.10. The molecular formula is C16H16N2O5. The van der Waals surface area contributed by atoms with E-state index in [1.165, 1.54) is 32.4 Å². The van der Waals surface area contributed by atoms with Crippen molar-refractivity contribution in [1.29, 1.82) is 0 Å². The van der Waals surface area contributed by atoms with Gasteiger partial charge < -0.3 is 14.8 Å². The van der Waals surface area contributed by atoms with Gasteiger partial charge in [0.25, 0.3) is 5.69 Å². The number of ether oxygens (including phenoxy) is 2. The average molecular weight is 316 g/mol. The minimum absolute atomic E-state index is 0.0751. The second-order valence-electron chi connectivity index (χ2n) is 4.72. The van der Waals surface area contributed by atoms with Crippen LogP contribution in [0.15, 0.2) is 42.5 Å². The Bertz CT molecular complexity index is 730. The normalized spacial score (nSPS) is 10.0. The van der Waals surface area contributed by atoms with E-state index in [4.69, 9.17) is 9.47 Å². The first-order valence-corrected chi connectivity index (χ1v) is 6.78. The van der Waals surface area contributed by atoms with E-state index in [-0.39, 0.29) is 18.0 Å². The zero-order chi connectivity index (χ0) is 16.8. The van der Waals surface area contributed by atoms with Gasteiger partial charge in [-0.15, -0.1) is 0 Å². The highest BCUT2D eigenvalue weighted by atomic mass is 16.6. The summed E-state index contributed by atoms with van der Waals surface area (Å²) < 4.78 is 10.3. The number of rotatable bonds is 6. The lowest BCUT2D eigenvalue weighted by Crippen LogP contribution is -2.14. The Kier molecular flexibility index (Phi) is 5.14. The molecule has 0 aliphatic carbocycles. The molecule has 0 spiro atoms. The van der Waals surface area contributed by atoms with Crippen LogP contribution in [0.2, 0.25) is 0 Å². The van der Waals surface area contributed by atoms with Crippen LogP contribution in [0.1, 0.15) is 5.56 Å². The average Bonchev–Trinajstić information content (AvgIpc) is 2.54. The number of benzene rings is 2. The number of amides is 1. The number of carbonyl (C=O) groups excluding carboxylic acids is 1. The van der Waals surface area contributed by atoms with Crippen molar-refractivity contribution >= 4 is 17.3 Å². The molecule has 23 heavy (non-hydrogen) atoms. The molecule has 2 aromatic rings. The van der Waals surface area contributed by atoms with E-state index in [1.54, 1.807) is 24.3 Å². The second-order valence-corrected chi connectivity index (χ2v) is 4.72. The number of methoxy groups -OCH3 is 2.